The molecule has 0 atom stereocenters. The number of aryl methyl sites for hydroxylation is 1. The van der Waals surface area contributed by atoms with Crippen molar-refractivity contribution in [3.63, 3.8) is 0 Å². The summed E-state index contributed by atoms with van der Waals surface area (Å²) in [6.45, 7) is 1.49. The largest absolute Gasteiger partial charge is 0.478 e. The molecule has 0 bridgehead atoms. The molecule has 82 valence electrons. The maximum Gasteiger partial charge on any atom is 0.338 e. The van der Waals surface area contributed by atoms with Crippen molar-refractivity contribution in [3.8, 4) is 0 Å². The van der Waals surface area contributed by atoms with Gasteiger partial charge in [-0.3, -0.25) is 0 Å². The fourth-order valence-corrected chi connectivity index (χ4v) is 1.30. The van der Waals surface area contributed by atoms with Crippen molar-refractivity contribution >= 4 is 23.7 Å². The molecular formula is C10H7NO5. The first-order chi connectivity index (χ1) is 7.49. The number of rotatable bonds is 3. The molecule has 1 aromatic carbocycles. The molecule has 0 aromatic heterocycles. The predicted octanol–water partition coefficient (Wildman–Crippen LogP) is 1.36. The lowest BCUT2D eigenvalue weighted by Gasteiger charge is -2.06. The highest BCUT2D eigenvalue weighted by molar-refractivity contribution is 6.03. The molecule has 0 fully saturated rings. The van der Waals surface area contributed by atoms with Gasteiger partial charge in [-0.25, -0.2) is 14.4 Å². The van der Waals surface area contributed by atoms with Crippen LogP contribution in [-0.2, 0) is 4.79 Å². The van der Waals surface area contributed by atoms with E-state index in [2.05, 4.69) is 4.99 Å². The van der Waals surface area contributed by atoms with Crippen molar-refractivity contribution in [1.29, 1.82) is 0 Å². The van der Waals surface area contributed by atoms with Crippen LogP contribution in [0.4, 0.5) is 5.69 Å². The van der Waals surface area contributed by atoms with Crippen LogP contribution in [0.25, 0.3) is 0 Å². The van der Waals surface area contributed by atoms with E-state index in [9.17, 15) is 14.4 Å². The monoisotopic (exact) mass is 221 g/mol. The minimum absolute atomic E-state index is 0.303. The normalized spacial score (nSPS) is 9.31. The molecule has 0 aliphatic rings. The third-order valence-electron chi connectivity index (χ3n) is 1.99. The van der Waals surface area contributed by atoms with Gasteiger partial charge in [0, 0.05) is 0 Å². The van der Waals surface area contributed by atoms with Gasteiger partial charge in [-0.15, -0.1) is 0 Å². The number of carboxylic acids is 2. The molecule has 0 heterocycles. The average Bonchev–Trinajstić information content (AvgIpc) is 2.17. The van der Waals surface area contributed by atoms with Crippen LogP contribution in [0.5, 0.6) is 0 Å². The number of hydrogen-bond donors (Lipinski definition) is 2. The molecule has 0 amide bonds. The number of nitrogens with zero attached hydrogens (tertiary/aromatic N) is 1. The van der Waals surface area contributed by atoms with Crippen LogP contribution >= 0.6 is 0 Å². The predicted molar refractivity (Wildman–Crippen MR) is 52.9 cm³/mol. The molecule has 0 saturated heterocycles. The highest BCUT2D eigenvalue weighted by Crippen LogP contribution is 2.27. The van der Waals surface area contributed by atoms with Gasteiger partial charge >= 0.3 is 11.9 Å². The molecular weight excluding hydrogens is 214 g/mol. The topological polar surface area (TPSA) is 104 Å². The molecule has 1 aromatic rings. The first-order valence-corrected chi connectivity index (χ1v) is 4.17. The lowest BCUT2D eigenvalue weighted by molar-refractivity contribution is 0.0695. The van der Waals surface area contributed by atoms with Gasteiger partial charge in [0.2, 0.25) is 6.08 Å². The van der Waals surface area contributed by atoms with Crippen LogP contribution in [0.15, 0.2) is 17.1 Å². The quantitative estimate of drug-likeness (QED) is 0.592. The Morgan fingerprint density at radius 1 is 1.25 bits per heavy atom. The van der Waals surface area contributed by atoms with Crippen molar-refractivity contribution < 1.29 is 24.6 Å². The van der Waals surface area contributed by atoms with Gasteiger partial charge in [0.25, 0.3) is 0 Å². The van der Waals surface area contributed by atoms with E-state index in [1.807, 2.05) is 0 Å². The minimum Gasteiger partial charge on any atom is -0.478 e. The number of hydrogen-bond acceptors (Lipinski definition) is 4. The van der Waals surface area contributed by atoms with E-state index in [0.29, 0.717) is 5.56 Å². The average molecular weight is 221 g/mol. The summed E-state index contributed by atoms with van der Waals surface area (Å²) in [5, 5.41) is 17.7. The van der Waals surface area contributed by atoms with Gasteiger partial charge in [-0.05, 0) is 18.6 Å². The van der Waals surface area contributed by atoms with Gasteiger partial charge in [0.15, 0.2) is 0 Å². The second kappa shape index (κ2) is 4.37. The van der Waals surface area contributed by atoms with E-state index >= 15 is 0 Å². The second-order valence-corrected chi connectivity index (χ2v) is 2.97. The number of aromatic carboxylic acids is 2. The van der Waals surface area contributed by atoms with Crippen LogP contribution in [-0.4, -0.2) is 28.2 Å². The standard InChI is InChI=1S/C10H7NO5/c1-5-2-3-6(9(13)14)8(11-4-12)7(5)10(15)16/h2-3H,1H3,(H,13,14)(H,15,16). The van der Waals surface area contributed by atoms with Crippen molar-refractivity contribution in [3.05, 3.63) is 28.8 Å². The molecule has 0 saturated carbocycles. The fraction of sp³-hybridized carbons (Fsp3) is 0.100. The molecule has 6 nitrogen and oxygen atoms in total. The number of isocyanates is 1. The van der Waals surface area contributed by atoms with Crippen molar-refractivity contribution in [2.45, 2.75) is 6.92 Å². The molecule has 0 spiro atoms. The van der Waals surface area contributed by atoms with Gasteiger partial charge in [-0.2, -0.15) is 4.99 Å². The summed E-state index contributed by atoms with van der Waals surface area (Å²) in [5.41, 5.74) is -0.698. The van der Waals surface area contributed by atoms with E-state index in [1.165, 1.54) is 19.1 Å². The summed E-state index contributed by atoms with van der Waals surface area (Å²) in [5.74, 6) is -2.69. The Morgan fingerprint density at radius 2 is 1.88 bits per heavy atom. The molecule has 0 unspecified atom stereocenters. The van der Waals surface area contributed by atoms with E-state index < -0.39 is 11.9 Å². The zero-order valence-electron chi connectivity index (χ0n) is 8.22. The van der Waals surface area contributed by atoms with Crippen LogP contribution in [0.3, 0.4) is 0 Å². The summed E-state index contributed by atoms with van der Waals surface area (Å²) in [7, 11) is 0. The summed E-state index contributed by atoms with van der Waals surface area (Å²) in [6, 6.07) is 2.54. The third kappa shape index (κ3) is 1.97. The summed E-state index contributed by atoms with van der Waals surface area (Å²) in [4.78, 5) is 35.0. The van der Waals surface area contributed by atoms with Crippen LogP contribution in [0, 0.1) is 6.92 Å². The summed E-state index contributed by atoms with van der Waals surface area (Å²) < 4.78 is 0. The zero-order chi connectivity index (χ0) is 12.3. The highest BCUT2D eigenvalue weighted by atomic mass is 16.4. The fourth-order valence-electron chi connectivity index (χ4n) is 1.30. The molecule has 0 aliphatic carbocycles. The SMILES string of the molecule is Cc1ccc(C(=O)O)c(N=C=O)c1C(=O)O. The maximum absolute atomic E-state index is 10.9. The molecule has 1 rings (SSSR count). The number of carboxylic acid groups (broad SMARTS) is 2. The highest BCUT2D eigenvalue weighted by Gasteiger charge is 2.20. The molecule has 16 heavy (non-hydrogen) atoms. The smallest absolute Gasteiger partial charge is 0.338 e. The Balaban J connectivity index is 3.69. The van der Waals surface area contributed by atoms with Crippen molar-refractivity contribution in [2.75, 3.05) is 0 Å². The lowest BCUT2D eigenvalue weighted by atomic mass is 10.0. The van der Waals surface area contributed by atoms with E-state index in [0.717, 1.165) is 6.08 Å². The van der Waals surface area contributed by atoms with E-state index in [1.54, 1.807) is 0 Å². The van der Waals surface area contributed by atoms with Crippen molar-refractivity contribution in [1.82, 2.24) is 0 Å². The van der Waals surface area contributed by atoms with E-state index in [4.69, 9.17) is 10.2 Å². The van der Waals surface area contributed by atoms with Crippen LogP contribution in [0.2, 0.25) is 0 Å². The first-order valence-electron chi connectivity index (χ1n) is 4.17. The summed E-state index contributed by atoms with van der Waals surface area (Å²) in [6.07, 6.45) is 1.15. The third-order valence-corrected chi connectivity index (χ3v) is 1.99. The van der Waals surface area contributed by atoms with E-state index in [-0.39, 0.29) is 16.8 Å². The van der Waals surface area contributed by atoms with Crippen molar-refractivity contribution in [2.24, 2.45) is 4.99 Å². The van der Waals surface area contributed by atoms with Gasteiger partial charge in [0.05, 0.1) is 11.1 Å². The molecule has 2 N–H and O–H groups in total. The molecule has 6 heteroatoms. The second-order valence-electron chi connectivity index (χ2n) is 2.97. The van der Waals surface area contributed by atoms with Gasteiger partial charge < -0.3 is 10.2 Å². The molecule has 0 radical (unpaired) electrons. The van der Waals surface area contributed by atoms with Crippen LogP contribution in [0.1, 0.15) is 26.3 Å². The number of carbonyl (C=O) groups excluding carboxylic acids is 1. The maximum atomic E-state index is 10.9. The number of carbonyl (C=O) groups is 2. The van der Waals surface area contributed by atoms with Crippen LogP contribution < -0.4 is 0 Å². The van der Waals surface area contributed by atoms with Gasteiger partial charge in [0.1, 0.15) is 5.69 Å². The zero-order valence-corrected chi connectivity index (χ0v) is 8.22. The Morgan fingerprint density at radius 3 is 2.31 bits per heavy atom. The lowest BCUT2D eigenvalue weighted by Crippen LogP contribution is -2.05. The Bertz CT molecular complexity index is 514. The number of benzene rings is 1. The Hall–Kier alpha value is -2.46. The molecule has 0 aliphatic heterocycles. The van der Waals surface area contributed by atoms with Gasteiger partial charge in [-0.1, -0.05) is 6.07 Å². The number of aliphatic imine (C=N–C) groups is 1. The first kappa shape index (κ1) is 11.6. The summed E-state index contributed by atoms with van der Waals surface area (Å²) >= 11 is 0. The minimum atomic E-state index is -1.35. The Kier molecular flexibility index (Phi) is 3.17. The Labute approximate surface area is 89.9 Å².